The fourth-order valence-corrected chi connectivity index (χ4v) is 4.67. The van der Waals surface area contributed by atoms with Crippen LogP contribution in [-0.2, 0) is 16.4 Å². The fraction of sp³-hybridized carbons (Fsp3) is 0.348. The van der Waals surface area contributed by atoms with Crippen LogP contribution in [0.25, 0.3) is 0 Å². The van der Waals surface area contributed by atoms with Gasteiger partial charge in [-0.2, -0.15) is 5.26 Å². The van der Waals surface area contributed by atoms with Gasteiger partial charge in [0.1, 0.15) is 0 Å². The number of halogens is 1. The second kappa shape index (κ2) is 11.7. The molecule has 0 saturated heterocycles. The van der Waals surface area contributed by atoms with Crippen LogP contribution < -0.4 is 15.4 Å². The number of carbonyl (C=O) groups is 1. The molecule has 0 aliphatic heterocycles. The molecule has 1 aliphatic carbocycles. The first-order valence-electron chi connectivity index (χ1n) is 10.8. The van der Waals surface area contributed by atoms with Gasteiger partial charge in [-0.1, -0.05) is 43.0 Å². The number of benzene rings is 2. The molecule has 0 unspecified atom stereocenters. The minimum absolute atomic E-state index is 0.00255. The van der Waals surface area contributed by atoms with Gasteiger partial charge < -0.3 is 5.32 Å². The van der Waals surface area contributed by atoms with E-state index in [9.17, 15) is 13.2 Å². The highest BCUT2D eigenvalue weighted by atomic mass is 35.5. The first kappa shape index (κ1) is 24.6. The molecule has 33 heavy (non-hydrogen) atoms. The van der Waals surface area contributed by atoms with E-state index < -0.39 is 10.0 Å². The zero-order valence-electron chi connectivity index (χ0n) is 18.1. The van der Waals surface area contributed by atoms with Gasteiger partial charge in [-0.3, -0.25) is 10.1 Å². The highest BCUT2D eigenvalue weighted by Gasteiger charge is 2.19. The number of nitriles is 1. The Balaban J connectivity index is 1.57. The highest BCUT2D eigenvalue weighted by Crippen LogP contribution is 2.20. The zero-order chi connectivity index (χ0) is 23.7. The van der Waals surface area contributed by atoms with Crippen molar-refractivity contribution in [3.8, 4) is 6.19 Å². The van der Waals surface area contributed by atoms with Crippen molar-refractivity contribution < 1.29 is 13.2 Å². The standard InChI is InChI=1S/C23H26ClN5O3S/c24-19-10-8-18(9-11-19)22(30)26-15-14-17-6-12-21(13-7-17)33(31,32)29-23(27-16-25)28-20-4-2-1-3-5-20/h6-13,20H,1-5,14-15H2,(H,26,30)(H2,27,28,29). The molecule has 1 saturated carbocycles. The fourth-order valence-electron chi connectivity index (χ4n) is 3.57. The second-order valence-corrected chi connectivity index (χ2v) is 9.89. The molecule has 1 fully saturated rings. The molecule has 1 aliphatic rings. The van der Waals surface area contributed by atoms with Crippen molar-refractivity contribution in [3.63, 3.8) is 0 Å². The van der Waals surface area contributed by atoms with E-state index in [4.69, 9.17) is 16.9 Å². The van der Waals surface area contributed by atoms with Crippen molar-refractivity contribution in [1.29, 1.82) is 5.26 Å². The number of rotatable bonds is 7. The van der Waals surface area contributed by atoms with Crippen molar-refractivity contribution in [1.82, 2.24) is 15.4 Å². The van der Waals surface area contributed by atoms with Gasteiger partial charge >= 0.3 is 0 Å². The predicted octanol–water partition coefficient (Wildman–Crippen LogP) is 3.35. The summed E-state index contributed by atoms with van der Waals surface area (Å²) in [7, 11) is -3.90. The normalized spacial score (nSPS) is 14.8. The van der Waals surface area contributed by atoms with E-state index in [-0.39, 0.29) is 22.8 Å². The van der Waals surface area contributed by atoms with E-state index in [0.29, 0.717) is 23.6 Å². The van der Waals surface area contributed by atoms with Crippen LogP contribution in [0.2, 0.25) is 5.02 Å². The van der Waals surface area contributed by atoms with Crippen LogP contribution in [0.1, 0.15) is 48.0 Å². The topological polar surface area (TPSA) is 123 Å². The monoisotopic (exact) mass is 487 g/mol. The van der Waals surface area contributed by atoms with E-state index >= 15 is 0 Å². The Hall–Kier alpha value is -3.09. The van der Waals surface area contributed by atoms with Gasteiger partial charge in [-0.05, 0) is 61.2 Å². The van der Waals surface area contributed by atoms with Crippen molar-refractivity contribution in [2.24, 2.45) is 4.99 Å². The van der Waals surface area contributed by atoms with Gasteiger partial charge in [0.25, 0.3) is 15.9 Å². The molecule has 0 bridgehead atoms. The van der Waals surface area contributed by atoms with Crippen LogP contribution in [0.5, 0.6) is 0 Å². The number of aliphatic imine (C=N–C) groups is 1. The van der Waals surface area contributed by atoms with E-state index in [1.54, 1.807) is 42.6 Å². The van der Waals surface area contributed by atoms with Gasteiger partial charge in [-0.25, -0.2) is 18.1 Å². The van der Waals surface area contributed by atoms with Crippen molar-refractivity contribution in [2.75, 3.05) is 6.54 Å². The minimum atomic E-state index is -3.90. The summed E-state index contributed by atoms with van der Waals surface area (Å²) in [6, 6.07) is 13.0. The summed E-state index contributed by atoms with van der Waals surface area (Å²) < 4.78 is 27.9. The molecule has 0 radical (unpaired) electrons. The number of sulfonamides is 1. The predicted molar refractivity (Wildman–Crippen MR) is 127 cm³/mol. The molecule has 3 rings (SSSR count). The van der Waals surface area contributed by atoms with Gasteiger partial charge in [0.05, 0.1) is 10.9 Å². The van der Waals surface area contributed by atoms with Crippen LogP contribution in [0.4, 0.5) is 0 Å². The number of hydrogen-bond donors (Lipinski definition) is 3. The largest absolute Gasteiger partial charge is 0.352 e. The smallest absolute Gasteiger partial charge is 0.264 e. The molecule has 0 heterocycles. The summed E-state index contributed by atoms with van der Waals surface area (Å²) >= 11 is 5.83. The Labute approximate surface area is 199 Å². The van der Waals surface area contributed by atoms with E-state index in [0.717, 1.165) is 37.7 Å². The molecule has 2 aromatic carbocycles. The van der Waals surface area contributed by atoms with Crippen molar-refractivity contribution in [3.05, 3.63) is 64.7 Å². The lowest BCUT2D eigenvalue weighted by Crippen LogP contribution is -2.40. The van der Waals surface area contributed by atoms with Crippen LogP contribution in [0.15, 0.2) is 58.4 Å². The molecule has 8 nitrogen and oxygen atoms in total. The molecule has 2 aromatic rings. The van der Waals surface area contributed by atoms with E-state index in [1.165, 1.54) is 12.1 Å². The molecule has 1 amide bonds. The number of guanidine groups is 1. The maximum atomic E-state index is 12.7. The highest BCUT2D eigenvalue weighted by molar-refractivity contribution is 7.90. The van der Waals surface area contributed by atoms with Crippen LogP contribution in [-0.4, -0.2) is 32.9 Å². The average molecular weight is 488 g/mol. The number of nitrogens with zero attached hydrogens (tertiary/aromatic N) is 2. The van der Waals surface area contributed by atoms with Crippen LogP contribution in [0.3, 0.4) is 0 Å². The first-order chi connectivity index (χ1) is 15.9. The number of nitrogens with one attached hydrogen (secondary N) is 3. The summed E-state index contributed by atoms with van der Waals surface area (Å²) in [5.41, 5.74) is 1.39. The molecule has 0 aromatic heterocycles. The Bertz CT molecular complexity index is 1120. The van der Waals surface area contributed by atoms with Gasteiger partial charge in [0, 0.05) is 17.1 Å². The molecule has 10 heteroatoms. The molecule has 174 valence electrons. The molecule has 0 spiro atoms. The molecule has 3 N–H and O–H groups in total. The van der Waals surface area contributed by atoms with Crippen molar-refractivity contribution in [2.45, 2.75) is 49.5 Å². The summed E-state index contributed by atoms with van der Waals surface area (Å²) in [6.45, 7) is 0.399. The van der Waals surface area contributed by atoms with Crippen LogP contribution in [0, 0.1) is 11.5 Å². The Morgan fingerprint density at radius 1 is 1.06 bits per heavy atom. The third-order valence-electron chi connectivity index (χ3n) is 5.33. The third kappa shape index (κ3) is 7.48. The van der Waals surface area contributed by atoms with E-state index in [2.05, 4.69) is 20.3 Å². The lowest BCUT2D eigenvalue weighted by Gasteiger charge is -2.19. The summed E-state index contributed by atoms with van der Waals surface area (Å²) in [6.07, 6.45) is 7.27. The Morgan fingerprint density at radius 3 is 2.36 bits per heavy atom. The molecular formula is C23H26ClN5O3S. The molecular weight excluding hydrogens is 462 g/mol. The minimum Gasteiger partial charge on any atom is -0.352 e. The van der Waals surface area contributed by atoms with Gasteiger partial charge in [-0.15, -0.1) is 0 Å². The number of carbonyl (C=O) groups excluding carboxylic acids is 1. The number of hydrogen-bond acceptors (Lipinski definition) is 5. The number of amides is 1. The maximum Gasteiger partial charge on any atom is 0.264 e. The van der Waals surface area contributed by atoms with Crippen molar-refractivity contribution >= 4 is 33.5 Å². The SMILES string of the molecule is N#CNC(=NC1CCCCC1)NS(=O)(=O)c1ccc(CCNC(=O)c2ccc(Cl)cc2)cc1. The lowest BCUT2D eigenvalue weighted by atomic mass is 9.96. The third-order valence-corrected chi connectivity index (χ3v) is 6.94. The van der Waals surface area contributed by atoms with Gasteiger partial charge in [0.15, 0.2) is 6.19 Å². The molecule has 0 atom stereocenters. The second-order valence-electron chi connectivity index (χ2n) is 7.77. The maximum absolute atomic E-state index is 12.7. The van der Waals surface area contributed by atoms with Crippen LogP contribution >= 0.6 is 11.6 Å². The summed E-state index contributed by atoms with van der Waals surface area (Å²) in [4.78, 5) is 16.6. The lowest BCUT2D eigenvalue weighted by molar-refractivity contribution is 0.0954. The zero-order valence-corrected chi connectivity index (χ0v) is 19.6. The van der Waals surface area contributed by atoms with Gasteiger partial charge in [0.2, 0.25) is 5.96 Å². The quantitative estimate of drug-likeness (QED) is 0.239. The first-order valence-corrected chi connectivity index (χ1v) is 12.6. The summed E-state index contributed by atoms with van der Waals surface area (Å²) in [5, 5.41) is 14.7. The summed E-state index contributed by atoms with van der Waals surface area (Å²) in [5.74, 6) is -0.261. The average Bonchev–Trinajstić information content (AvgIpc) is 2.80. The van der Waals surface area contributed by atoms with E-state index in [1.807, 2.05) is 0 Å². The Kier molecular flexibility index (Phi) is 8.69. The Morgan fingerprint density at radius 2 is 1.73 bits per heavy atom.